The Hall–Kier alpha value is -3.24. The van der Waals surface area contributed by atoms with Gasteiger partial charge in [0.1, 0.15) is 11.9 Å². The van der Waals surface area contributed by atoms with Crippen molar-refractivity contribution in [2.45, 2.75) is 64.5 Å². The van der Waals surface area contributed by atoms with Gasteiger partial charge in [0.05, 0.1) is 35.5 Å². The number of nitriles is 1. The summed E-state index contributed by atoms with van der Waals surface area (Å²) in [5, 5.41) is 10.3. The molecule has 3 aliphatic rings. The maximum absolute atomic E-state index is 13.1. The van der Waals surface area contributed by atoms with Crippen LogP contribution in [0, 0.1) is 24.2 Å². The van der Waals surface area contributed by atoms with E-state index in [4.69, 9.17) is 9.72 Å². The van der Waals surface area contributed by atoms with Crippen LogP contribution in [0.25, 0.3) is 17.2 Å². The zero-order valence-corrected chi connectivity index (χ0v) is 21.5. The number of pyridine rings is 2. The molecule has 4 heterocycles. The second-order valence-electron chi connectivity index (χ2n) is 10.6. The number of anilines is 1. The second kappa shape index (κ2) is 10.0. The lowest BCUT2D eigenvalue weighted by atomic mass is 9.93. The fourth-order valence-corrected chi connectivity index (χ4v) is 5.45. The lowest BCUT2D eigenvalue weighted by molar-refractivity contribution is -0.142. The zero-order chi connectivity index (χ0) is 25.4. The highest BCUT2D eigenvalue weighted by atomic mass is 16.5. The van der Waals surface area contributed by atoms with E-state index in [0.29, 0.717) is 43.5 Å². The van der Waals surface area contributed by atoms with Crippen molar-refractivity contribution in [3.8, 4) is 17.2 Å². The maximum Gasteiger partial charge on any atom is 0.225 e. The predicted octanol–water partition coefficient (Wildman–Crippen LogP) is 4.70. The van der Waals surface area contributed by atoms with Crippen LogP contribution in [0.3, 0.4) is 0 Å². The fourth-order valence-electron chi connectivity index (χ4n) is 5.45. The third-order valence-electron chi connectivity index (χ3n) is 7.81. The topological polar surface area (TPSA) is 82.4 Å². The van der Waals surface area contributed by atoms with Crippen LogP contribution in [0.1, 0.15) is 68.0 Å². The van der Waals surface area contributed by atoms with Crippen LogP contribution in [0.15, 0.2) is 24.9 Å². The second-order valence-corrected chi connectivity index (χ2v) is 10.6. The summed E-state index contributed by atoms with van der Waals surface area (Å²) < 4.78 is 5.51. The zero-order valence-electron chi connectivity index (χ0n) is 21.5. The highest BCUT2D eigenvalue weighted by Gasteiger charge is 2.37. The Bertz CT molecular complexity index is 1210. The van der Waals surface area contributed by atoms with Crippen molar-refractivity contribution in [1.29, 1.82) is 5.26 Å². The van der Waals surface area contributed by atoms with Crippen molar-refractivity contribution in [2.24, 2.45) is 5.92 Å². The van der Waals surface area contributed by atoms with E-state index in [1.807, 2.05) is 24.0 Å². The van der Waals surface area contributed by atoms with E-state index in [1.54, 1.807) is 12.3 Å². The summed E-state index contributed by atoms with van der Waals surface area (Å²) in [5.74, 6) is 1.64. The molecule has 0 unspecified atom stereocenters. The van der Waals surface area contributed by atoms with Crippen LogP contribution in [0.4, 0.5) is 5.82 Å². The van der Waals surface area contributed by atoms with Gasteiger partial charge in [-0.05, 0) is 61.4 Å². The van der Waals surface area contributed by atoms with Gasteiger partial charge in [-0.3, -0.25) is 9.78 Å². The number of hydrogen-bond donors (Lipinski definition) is 0. The van der Waals surface area contributed by atoms with Crippen molar-refractivity contribution >= 4 is 17.8 Å². The molecule has 1 aliphatic carbocycles. The molecular formula is C29H35N5O2. The van der Waals surface area contributed by atoms with Crippen molar-refractivity contribution < 1.29 is 9.53 Å². The first-order valence-corrected chi connectivity index (χ1v) is 13.1. The highest BCUT2D eigenvalue weighted by molar-refractivity contribution is 5.79. The summed E-state index contributed by atoms with van der Waals surface area (Å²) in [6.07, 6.45) is 7.26. The Kier molecular flexibility index (Phi) is 6.81. The highest BCUT2D eigenvalue weighted by Crippen LogP contribution is 2.46. The molecule has 1 amide bonds. The maximum atomic E-state index is 13.1. The smallest absolute Gasteiger partial charge is 0.225 e. The van der Waals surface area contributed by atoms with E-state index in [2.05, 4.69) is 36.4 Å². The Morgan fingerprint density at radius 2 is 2.11 bits per heavy atom. The molecule has 2 aromatic heterocycles. The van der Waals surface area contributed by atoms with E-state index in [0.717, 1.165) is 59.8 Å². The predicted molar refractivity (Wildman–Crippen MR) is 141 cm³/mol. The average Bonchev–Trinajstić information content (AvgIpc) is 3.70. The first kappa shape index (κ1) is 24.5. The van der Waals surface area contributed by atoms with Gasteiger partial charge >= 0.3 is 0 Å². The number of piperazine rings is 1. The number of hydrogen-bond acceptors (Lipinski definition) is 6. The van der Waals surface area contributed by atoms with E-state index in [1.165, 1.54) is 0 Å². The number of rotatable bonds is 7. The van der Waals surface area contributed by atoms with Crippen molar-refractivity contribution in [3.63, 3.8) is 0 Å². The van der Waals surface area contributed by atoms with Crippen LogP contribution in [0.5, 0.6) is 0 Å². The summed E-state index contributed by atoms with van der Waals surface area (Å²) >= 11 is 0. The molecule has 36 heavy (non-hydrogen) atoms. The summed E-state index contributed by atoms with van der Waals surface area (Å²) in [6, 6.07) is 6.55. The Morgan fingerprint density at radius 1 is 1.33 bits per heavy atom. The van der Waals surface area contributed by atoms with E-state index in [9.17, 15) is 10.1 Å². The van der Waals surface area contributed by atoms with Gasteiger partial charge in [0, 0.05) is 43.9 Å². The van der Waals surface area contributed by atoms with Crippen LogP contribution in [-0.4, -0.2) is 59.2 Å². The number of amides is 1. The van der Waals surface area contributed by atoms with E-state index in [-0.39, 0.29) is 18.1 Å². The van der Waals surface area contributed by atoms with Gasteiger partial charge in [0.2, 0.25) is 5.91 Å². The molecule has 188 valence electrons. The fraction of sp³-hybridized carbons (Fsp3) is 0.517. The van der Waals surface area contributed by atoms with E-state index < -0.39 is 0 Å². The lowest BCUT2D eigenvalue weighted by Gasteiger charge is -2.45. The molecule has 0 N–H and O–H groups in total. The molecule has 2 aliphatic heterocycles. The molecule has 0 aromatic carbocycles. The number of aromatic nitrogens is 2. The van der Waals surface area contributed by atoms with Crippen LogP contribution in [0.2, 0.25) is 0 Å². The summed E-state index contributed by atoms with van der Waals surface area (Å²) in [7, 11) is 0. The van der Waals surface area contributed by atoms with Gasteiger partial charge in [-0.1, -0.05) is 20.4 Å². The summed E-state index contributed by atoms with van der Waals surface area (Å²) in [6.45, 7) is 13.0. The van der Waals surface area contributed by atoms with Crippen LogP contribution >= 0.6 is 0 Å². The molecule has 2 saturated heterocycles. The number of nitrogens with zero attached hydrogens (tertiary/aromatic N) is 5. The van der Waals surface area contributed by atoms with Gasteiger partial charge in [0.25, 0.3) is 0 Å². The number of carbonyl (C=O) groups is 1. The Morgan fingerprint density at radius 3 is 2.72 bits per heavy atom. The molecule has 5 rings (SSSR count). The molecule has 0 bridgehead atoms. The first-order valence-electron chi connectivity index (χ1n) is 13.1. The molecule has 0 spiro atoms. The van der Waals surface area contributed by atoms with Crippen molar-refractivity contribution in [2.75, 3.05) is 31.1 Å². The molecule has 7 nitrogen and oxygen atoms in total. The molecule has 3 fully saturated rings. The van der Waals surface area contributed by atoms with E-state index >= 15 is 0 Å². The third kappa shape index (κ3) is 4.62. The number of ether oxygens (including phenoxy) is 1. The SMILES string of the molecule is C=Cc1cc(-c2c(C3CC3)nc(N3CCN(C(=O)C[C@H]4CCO4)[C@H](C(C)C)C3)c(C#N)c2C)ccn1. The summed E-state index contributed by atoms with van der Waals surface area (Å²) in [4.78, 5) is 26.9. The lowest BCUT2D eigenvalue weighted by Crippen LogP contribution is -2.58. The van der Waals surface area contributed by atoms with Crippen LogP contribution < -0.4 is 4.90 Å². The normalized spacial score (nSPS) is 21.8. The minimum atomic E-state index is 0.0689. The minimum Gasteiger partial charge on any atom is -0.377 e. The molecule has 1 saturated carbocycles. The largest absolute Gasteiger partial charge is 0.377 e. The molecule has 7 heteroatoms. The van der Waals surface area contributed by atoms with Crippen LogP contribution in [-0.2, 0) is 9.53 Å². The first-order chi connectivity index (χ1) is 17.4. The van der Waals surface area contributed by atoms with Gasteiger partial charge in [-0.15, -0.1) is 0 Å². The quantitative estimate of drug-likeness (QED) is 0.566. The van der Waals surface area contributed by atoms with Gasteiger partial charge < -0.3 is 14.5 Å². The standard InChI is InChI=1S/C29H35N5O2/c1-5-22-14-21(8-10-31-22)27-19(4)24(16-30)29(32-28(27)20-6-7-20)33-11-12-34(25(17-33)18(2)3)26(35)15-23-9-13-36-23/h5,8,10,14,18,20,23,25H,1,6-7,9,11-13,15,17H2,2-4H3/t23-,25+/m1/s1. The molecule has 2 atom stereocenters. The molecule has 0 radical (unpaired) electrons. The van der Waals surface area contributed by atoms with Gasteiger partial charge in [0.15, 0.2) is 0 Å². The molecular weight excluding hydrogens is 450 g/mol. The monoisotopic (exact) mass is 485 g/mol. The van der Waals surface area contributed by atoms with Gasteiger partial charge in [-0.25, -0.2) is 4.98 Å². The minimum absolute atomic E-state index is 0.0689. The third-order valence-corrected chi connectivity index (χ3v) is 7.81. The summed E-state index contributed by atoms with van der Waals surface area (Å²) in [5.41, 5.74) is 5.55. The molecule has 2 aromatic rings. The Balaban J connectivity index is 1.49. The Labute approximate surface area is 213 Å². The van der Waals surface area contributed by atoms with Crippen molar-refractivity contribution in [3.05, 3.63) is 47.4 Å². The van der Waals surface area contributed by atoms with Crippen molar-refractivity contribution in [1.82, 2.24) is 14.9 Å². The van der Waals surface area contributed by atoms with Gasteiger partial charge in [-0.2, -0.15) is 5.26 Å². The average molecular weight is 486 g/mol. The number of carbonyl (C=O) groups excluding carboxylic acids is 1.